The normalized spacial score (nSPS) is 14.0. The van der Waals surface area contributed by atoms with Gasteiger partial charge in [-0.1, -0.05) is 23.7 Å². The van der Waals surface area contributed by atoms with Gasteiger partial charge in [-0.2, -0.15) is 5.10 Å². The molecule has 1 saturated heterocycles. The maximum absolute atomic E-state index is 12.6. The van der Waals surface area contributed by atoms with Crippen molar-refractivity contribution in [2.45, 2.75) is 25.7 Å². The summed E-state index contributed by atoms with van der Waals surface area (Å²) in [6, 6.07) is 11.9. The van der Waals surface area contributed by atoms with Gasteiger partial charge in [0.1, 0.15) is 5.82 Å². The molecule has 0 saturated carbocycles. The average Bonchev–Trinajstić information content (AvgIpc) is 3.30. The van der Waals surface area contributed by atoms with E-state index in [1.807, 2.05) is 21.8 Å². The summed E-state index contributed by atoms with van der Waals surface area (Å²) in [4.78, 5) is 18.8. The summed E-state index contributed by atoms with van der Waals surface area (Å²) in [5, 5.41) is 7.97. The lowest BCUT2D eigenvalue weighted by molar-refractivity contribution is 0.0724. The number of halogens is 1. The molecule has 29 heavy (non-hydrogen) atoms. The van der Waals surface area contributed by atoms with Crippen molar-refractivity contribution in [3.63, 3.8) is 0 Å². The van der Waals surface area contributed by atoms with E-state index in [1.54, 1.807) is 18.5 Å². The van der Waals surface area contributed by atoms with Crippen LogP contribution in [0.4, 0.5) is 5.82 Å². The van der Waals surface area contributed by atoms with Crippen LogP contribution in [-0.2, 0) is 6.42 Å². The van der Waals surface area contributed by atoms with Crippen molar-refractivity contribution in [1.82, 2.24) is 19.7 Å². The van der Waals surface area contributed by atoms with Gasteiger partial charge < -0.3 is 10.2 Å². The molecule has 1 aliphatic heterocycles. The minimum atomic E-state index is 0.0166. The number of carbonyl (C=O) groups is 1. The van der Waals surface area contributed by atoms with Gasteiger partial charge in [0.15, 0.2) is 0 Å². The molecule has 2 aromatic heterocycles. The Morgan fingerprint density at radius 1 is 1.14 bits per heavy atom. The van der Waals surface area contributed by atoms with Crippen LogP contribution >= 0.6 is 11.6 Å². The molecule has 1 aliphatic rings. The average molecular weight is 410 g/mol. The van der Waals surface area contributed by atoms with Crippen LogP contribution in [0.3, 0.4) is 0 Å². The van der Waals surface area contributed by atoms with Crippen LogP contribution in [0.1, 0.15) is 35.2 Å². The largest absolute Gasteiger partial charge is 0.369 e. The number of piperidine rings is 1. The van der Waals surface area contributed by atoms with Gasteiger partial charge in [-0.05, 0) is 55.5 Å². The molecular weight excluding hydrogens is 386 g/mol. The van der Waals surface area contributed by atoms with Gasteiger partial charge in [-0.3, -0.25) is 4.79 Å². The highest BCUT2D eigenvalue weighted by Gasteiger charge is 2.19. The Balaban J connectivity index is 1.32. The third-order valence-electron chi connectivity index (χ3n) is 5.14. The quantitative estimate of drug-likeness (QED) is 0.662. The third-order valence-corrected chi connectivity index (χ3v) is 5.43. The fraction of sp³-hybridized carbons (Fsp3) is 0.318. The number of benzene rings is 1. The van der Waals surface area contributed by atoms with E-state index in [4.69, 9.17) is 11.6 Å². The molecule has 0 bridgehead atoms. The van der Waals surface area contributed by atoms with Crippen molar-refractivity contribution in [3.8, 4) is 5.69 Å². The van der Waals surface area contributed by atoms with E-state index in [9.17, 15) is 4.79 Å². The van der Waals surface area contributed by atoms with Gasteiger partial charge in [0.25, 0.3) is 5.91 Å². The summed E-state index contributed by atoms with van der Waals surface area (Å²) < 4.78 is 1.83. The molecule has 0 unspecified atom stereocenters. The fourth-order valence-corrected chi connectivity index (χ4v) is 3.76. The lowest BCUT2D eigenvalue weighted by Gasteiger charge is -2.26. The van der Waals surface area contributed by atoms with E-state index in [-0.39, 0.29) is 5.91 Å². The van der Waals surface area contributed by atoms with Crippen molar-refractivity contribution >= 4 is 23.3 Å². The Hall–Kier alpha value is -2.86. The van der Waals surface area contributed by atoms with Crippen molar-refractivity contribution in [1.29, 1.82) is 0 Å². The second-order valence-electron chi connectivity index (χ2n) is 7.20. The second kappa shape index (κ2) is 9.09. The van der Waals surface area contributed by atoms with Gasteiger partial charge >= 0.3 is 0 Å². The van der Waals surface area contributed by atoms with Crippen LogP contribution < -0.4 is 5.32 Å². The molecule has 1 fully saturated rings. The topological polar surface area (TPSA) is 63.1 Å². The van der Waals surface area contributed by atoms with Crippen LogP contribution in [0, 0.1) is 0 Å². The number of rotatable bonds is 6. The van der Waals surface area contributed by atoms with Crippen molar-refractivity contribution in [3.05, 3.63) is 71.1 Å². The van der Waals surface area contributed by atoms with E-state index in [0.717, 1.165) is 38.0 Å². The predicted molar refractivity (Wildman–Crippen MR) is 115 cm³/mol. The van der Waals surface area contributed by atoms with Crippen LogP contribution in [0.5, 0.6) is 0 Å². The second-order valence-corrected chi connectivity index (χ2v) is 7.61. The lowest BCUT2D eigenvalue weighted by atomic mass is 10.1. The Kier molecular flexibility index (Phi) is 6.10. The number of aromatic nitrogens is 3. The minimum absolute atomic E-state index is 0.0166. The van der Waals surface area contributed by atoms with Gasteiger partial charge in [0.05, 0.1) is 16.3 Å². The van der Waals surface area contributed by atoms with Crippen molar-refractivity contribution in [2.75, 3.05) is 25.0 Å². The number of carbonyl (C=O) groups excluding carboxylic acids is 1. The van der Waals surface area contributed by atoms with Crippen LogP contribution in [-0.4, -0.2) is 45.2 Å². The molecule has 1 amide bonds. The van der Waals surface area contributed by atoms with Gasteiger partial charge in [-0.25, -0.2) is 9.67 Å². The first-order valence-corrected chi connectivity index (χ1v) is 10.4. The Morgan fingerprint density at radius 3 is 2.62 bits per heavy atom. The van der Waals surface area contributed by atoms with E-state index in [1.165, 1.54) is 12.0 Å². The first-order chi connectivity index (χ1) is 14.2. The number of amides is 1. The van der Waals surface area contributed by atoms with Crippen molar-refractivity contribution in [2.24, 2.45) is 0 Å². The molecule has 0 atom stereocenters. The molecule has 3 aromatic rings. The zero-order chi connectivity index (χ0) is 20.1. The zero-order valence-electron chi connectivity index (χ0n) is 16.2. The molecule has 6 nitrogen and oxygen atoms in total. The number of hydrogen-bond acceptors (Lipinski definition) is 4. The summed E-state index contributed by atoms with van der Waals surface area (Å²) in [5.41, 5.74) is 2.79. The number of nitrogens with zero attached hydrogens (tertiary/aromatic N) is 4. The maximum atomic E-state index is 12.6. The van der Waals surface area contributed by atoms with E-state index in [2.05, 4.69) is 39.7 Å². The maximum Gasteiger partial charge on any atom is 0.255 e. The molecule has 1 aromatic carbocycles. The fourth-order valence-electron chi connectivity index (χ4n) is 3.53. The molecule has 0 spiro atoms. The summed E-state index contributed by atoms with van der Waals surface area (Å²) in [6.07, 6.45) is 9.46. The predicted octanol–water partition coefficient (Wildman–Crippen LogP) is 4.20. The number of nitrogens with one attached hydrogen (secondary N) is 1. The molecule has 3 heterocycles. The van der Waals surface area contributed by atoms with Gasteiger partial charge in [-0.15, -0.1) is 0 Å². The first kappa shape index (κ1) is 19.5. The Morgan fingerprint density at radius 2 is 1.93 bits per heavy atom. The SMILES string of the molecule is O=C(c1cnc(NCCc2ccc(-n3cccn3)cc2)c(Cl)c1)N1CCCCC1. The number of pyridine rings is 1. The van der Waals surface area contributed by atoms with Crippen LogP contribution in [0.2, 0.25) is 5.02 Å². The van der Waals surface area contributed by atoms with Crippen LogP contribution in [0.25, 0.3) is 5.69 Å². The Bertz CT molecular complexity index is 950. The Labute approximate surface area is 175 Å². The minimum Gasteiger partial charge on any atom is -0.369 e. The summed E-state index contributed by atoms with van der Waals surface area (Å²) in [5.74, 6) is 0.623. The van der Waals surface area contributed by atoms with E-state index >= 15 is 0 Å². The summed E-state index contributed by atoms with van der Waals surface area (Å²) >= 11 is 6.37. The molecular formula is C22H24ClN5O. The van der Waals surface area contributed by atoms with Gasteiger partial charge in [0.2, 0.25) is 0 Å². The zero-order valence-corrected chi connectivity index (χ0v) is 17.0. The highest BCUT2D eigenvalue weighted by molar-refractivity contribution is 6.33. The number of hydrogen-bond donors (Lipinski definition) is 1. The summed E-state index contributed by atoms with van der Waals surface area (Å²) in [6.45, 7) is 2.33. The molecule has 0 radical (unpaired) electrons. The summed E-state index contributed by atoms with van der Waals surface area (Å²) in [7, 11) is 0. The van der Waals surface area contributed by atoms with Gasteiger partial charge in [0, 0.05) is 38.2 Å². The standard InChI is InChI=1S/C22H24ClN5O/c23-20-15-18(22(29)27-12-2-1-3-13-27)16-25-21(20)24-11-9-17-5-7-19(8-6-17)28-14-4-10-26-28/h4-8,10,14-16H,1-3,9,11-13H2,(H,24,25). The van der Waals surface area contributed by atoms with Crippen LogP contribution in [0.15, 0.2) is 55.0 Å². The smallest absolute Gasteiger partial charge is 0.255 e. The van der Waals surface area contributed by atoms with Crippen molar-refractivity contribution < 1.29 is 4.79 Å². The molecule has 7 heteroatoms. The molecule has 0 aliphatic carbocycles. The third kappa shape index (κ3) is 4.77. The molecule has 150 valence electrons. The monoisotopic (exact) mass is 409 g/mol. The number of anilines is 1. The molecule has 4 rings (SSSR count). The van der Waals surface area contributed by atoms with E-state index in [0.29, 0.717) is 22.9 Å². The highest BCUT2D eigenvalue weighted by atomic mass is 35.5. The first-order valence-electron chi connectivity index (χ1n) is 9.98. The molecule has 1 N–H and O–H groups in total. The van der Waals surface area contributed by atoms with E-state index < -0.39 is 0 Å². The number of likely N-dealkylation sites (tertiary alicyclic amines) is 1. The highest BCUT2D eigenvalue weighted by Crippen LogP contribution is 2.22. The lowest BCUT2D eigenvalue weighted by Crippen LogP contribution is -2.35.